The van der Waals surface area contributed by atoms with Gasteiger partial charge in [0.2, 0.25) is 0 Å². The molecule has 1 rings (SSSR count). The highest BCUT2D eigenvalue weighted by Gasteiger charge is 2.14. The van der Waals surface area contributed by atoms with Crippen molar-refractivity contribution in [2.24, 2.45) is 0 Å². The minimum atomic E-state index is -0.549. The van der Waals surface area contributed by atoms with E-state index in [2.05, 4.69) is 9.47 Å². The van der Waals surface area contributed by atoms with Gasteiger partial charge in [0.15, 0.2) is 0 Å². The molecular weight excluding hydrogens is 272 g/mol. The summed E-state index contributed by atoms with van der Waals surface area (Å²) >= 11 is 0. The van der Waals surface area contributed by atoms with E-state index in [0.29, 0.717) is 6.61 Å². The average molecular weight is 292 g/mol. The van der Waals surface area contributed by atoms with Crippen molar-refractivity contribution in [3.05, 3.63) is 35.4 Å². The number of methoxy groups -OCH3 is 2. The lowest BCUT2D eigenvalue weighted by molar-refractivity contribution is -0.143. The Hall–Kier alpha value is -2.30. The van der Waals surface area contributed by atoms with Gasteiger partial charge >= 0.3 is 11.9 Å². The van der Waals surface area contributed by atoms with Gasteiger partial charge in [-0.05, 0) is 30.2 Å². The predicted molar refractivity (Wildman–Crippen MR) is 78.9 cm³/mol. The van der Waals surface area contributed by atoms with Gasteiger partial charge in [0.1, 0.15) is 5.75 Å². The zero-order valence-corrected chi connectivity index (χ0v) is 12.5. The van der Waals surface area contributed by atoms with Crippen LogP contribution in [-0.4, -0.2) is 32.8 Å². The standard InChI is InChI=1S/C16H20O5/c1-4-9-21-14-7-5-12(6-8-14)10-13(16(18)20-3)11-15(17)19-2/h5-8,10H,4,9,11H2,1-3H3. The van der Waals surface area contributed by atoms with Gasteiger partial charge in [0, 0.05) is 5.57 Å². The Balaban J connectivity index is 2.88. The van der Waals surface area contributed by atoms with Crippen LogP contribution in [0.2, 0.25) is 0 Å². The second-order valence-corrected chi connectivity index (χ2v) is 4.33. The normalized spacial score (nSPS) is 10.9. The van der Waals surface area contributed by atoms with E-state index in [0.717, 1.165) is 17.7 Å². The van der Waals surface area contributed by atoms with Gasteiger partial charge in [-0.1, -0.05) is 19.1 Å². The zero-order valence-electron chi connectivity index (χ0n) is 12.5. The summed E-state index contributed by atoms with van der Waals surface area (Å²) in [5.41, 5.74) is 1.02. The van der Waals surface area contributed by atoms with Gasteiger partial charge in [0.25, 0.3) is 0 Å². The molecule has 0 spiro atoms. The van der Waals surface area contributed by atoms with Crippen LogP contribution in [0, 0.1) is 0 Å². The molecule has 0 unspecified atom stereocenters. The molecule has 0 saturated carbocycles. The third kappa shape index (κ3) is 5.69. The summed E-state index contributed by atoms with van der Waals surface area (Å²) in [4.78, 5) is 23.0. The Bertz CT molecular complexity index is 502. The third-order valence-corrected chi connectivity index (χ3v) is 2.70. The first-order valence-corrected chi connectivity index (χ1v) is 6.69. The summed E-state index contributed by atoms with van der Waals surface area (Å²) in [6.45, 7) is 2.69. The lowest BCUT2D eigenvalue weighted by Gasteiger charge is -2.06. The number of rotatable bonds is 7. The molecule has 0 bridgehead atoms. The van der Waals surface area contributed by atoms with Crippen LogP contribution >= 0.6 is 0 Å². The maximum Gasteiger partial charge on any atom is 0.334 e. The summed E-state index contributed by atoms with van der Waals surface area (Å²) in [6, 6.07) is 7.25. The largest absolute Gasteiger partial charge is 0.494 e. The smallest absolute Gasteiger partial charge is 0.334 e. The molecule has 5 heteroatoms. The highest BCUT2D eigenvalue weighted by molar-refractivity contribution is 5.98. The van der Waals surface area contributed by atoms with Crippen molar-refractivity contribution in [3.63, 3.8) is 0 Å². The summed E-state index contributed by atoms with van der Waals surface area (Å²) in [7, 11) is 2.55. The van der Waals surface area contributed by atoms with Crippen LogP contribution in [0.5, 0.6) is 5.75 Å². The van der Waals surface area contributed by atoms with Gasteiger partial charge in [-0.25, -0.2) is 4.79 Å². The summed E-state index contributed by atoms with van der Waals surface area (Å²) < 4.78 is 14.7. The van der Waals surface area contributed by atoms with Gasteiger partial charge in [-0.15, -0.1) is 0 Å². The Kier molecular flexibility index (Phi) is 7.01. The first kappa shape index (κ1) is 16.8. The Morgan fingerprint density at radius 2 is 1.76 bits per heavy atom. The van der Waals surface area contributed by atoms with Crippen molar-refractivity contribution >= 4 is 18.0 Å². The molecule has 5 nitrogen and oxygen atoms in total. The van der Waals surface area contributed by atoms with Crippen molar-refractivity contribution < 1.29 is 23.8 Å². The molecule has 0 radical (unpaired) electrons. The molecule has 0 fully saturated rings. The van der Waals surface area contributed by atoms with Crippen LogP contribution < -0.4 is 4.74 Å². The molecule has 0 aliphatic carbocycles. The first-order chi connectivity index (χ1) is 10.1. The molecule has 1 aromatic rings. The number of ether oxygens (including phenoxy) is 3. The predicted octanol–water partition coefficient (Wildman–Crippen LogP) is 2.59. The summed E-state index contributed by atoms with van der Waals surface area (Å²) in [6.07, 6.45) is 2.41. The first-order valence-electron chi connectivity index (χ1n) is 6.69. The highest BCUT2D eigenvalue weighted by atomic mass is 16.5. The fraction of sp³-hybridized carbons (Fsp3) is 0.375. The maximum absolute atomic E-state index is 11.7. The second kappa shape index (κ2) is 8.79. The SMILES string of the molecule is CCCOc1ccc(C=C(CC(=O)OC)C(=O)OC)cc1. The van der Waals surface area contributed by atoms with E-state index >= 15 is 0 Å². The molecule has 1 aromatic carbocycles. The van der Waals surface area contributed by atoms with Crippen molar-refractivity contribution in [2.45, 2.75) is 19.8 Å². The molecule has 114 valence electrons. The summed E-state index contributed by atoms with van der Waals surface area (Å²) in [5.74, 6) is -0.275. The van der Waals surface area contributed by atoms with Crippen LogP contribution in [0.25, 0.3) is 6.08 Å². The quantitative estimate of drug-likeness (QED) is 0.571. The fourth-order valence-corrected chi connectivity index (χ4v) is 1.62. The van der Waals surface area contributed by atoms with E-state index in [9.17, 15) is 9.59 Å². The number of carbonyl (C=O) groups is 2. The highest BCUT2D eigenvalue weighted by Crippen LogP contribution is 2.17. The van der Waals surface area contributed by atoms with Crippen LogP contribution in [-0.2, 0) is 19.1 Å². The number of benzene rings is 1. The van der Waals surface area contributed by atoms with E-state index < -0.39 is 11.9 Å². The maximum atomic E-state index is 11.7. The zero-order chi connectivity index (χ0) is 15.7. The molecule has 0 N–H and O–H groups in total. The van der Waals surface area contributed by atoms with Crippen molar-refractivity contribution in [2.75, 3.05) is 20.8 Å². The Labute approximate surface area is 124 Å². The molecule has 0 atom stereocenters. The van der Waals surface area contributed by atoms with Crippen LogP contribution in [0.15, 0.2) is 29.8 Å². The minimum Gasteiger partial charge on any atom is -0.494 e. The van der Waals surface area contributed by atoms with E-state index in [1.54, 1.807) is 6.08 Å². The lowest BCUT2D eigenvalue weighted by atomic mass is 10.1. The number of hydrogen-bond donors (Lipinski definition) is 0. The third-order valence-electron chi connectivity index (χ3n) is 2.70. The summed E-state index contributed by atoms with van der Waals surface area (Å²) in [5, 5.41) is 0. The van der Waals surface area contributed by atoms with Gasteiger partial charge in [0.05, 0.1) is 27.2 Å². The van der Waals surface area contributed by atoms with E-state index in [1.165, 1.54) is 14.2 Å². The monoisotopic (exact) mass is 292 g/mol. The number of carbonyl (C=O) groups excluding carboxylic acids is 2. The molecule has 0 aromatic heterocycles. The molecule has 0 saturated heterocycles. The molecule has 21 heavy (non-hydrogen) atoms. The van der Waals surface area contributed by atoms with Crippen molar-refractivity contribution in [1.82, 2.24) is 0 Å². The second-order valence-electron chi connectivity index (χ2n) is 4.33. The molecule has 0 heterocycles. The van der Waals surface area contributed by atoms with Gasteiger partial charge < -0.3 is 14.2 Å². The minimum absolute atomic E-state index is 0.128. The van der Waals surface area contributed by atoms with Crippen LogP contribution in [0.4, 0.5) is 0 Å². The molecule has 0 aliphatic rings. The van der Waals surface area contributed by atoms with Gasteiger partial charge in [-0.2, -0.15) is 0 Å². The van der Waals surface area contributed by atoms with Crippen LogP contribution in [0.3, 0.4) is 0 Å². The van der Waals surface area contributed by atoms with E-state index in [4.69, 9.17) is 4.74 Å². The van der Waals surface area contributed by atoms with E-state index in [-0.39, 0.29) is 12.0 Å². The van der Waals surface area contributed by atoms with Crippen LogP contribution in [0.1, 0.15) is 25.3 Å². The van der Waals surface area contributed by atoms with Crippen molar-refractivity contribution in [1.29, 1.82) is 0 Å². The fourth-order valence-electron chi connectivity index (χ4n) is 1.62. The van der Waals surface area contributed by atoms with Crippen molar-refractivity contribution in [3.8, 4) is 5.75 Å². The number of hydrogen-bond acceptors (Lipinski definition) is 5. The topological polar surface area (TPSA) is 61.8 Å². The lowest BCUT2D eigenvalue weighted by Crippen LogP contribution is -2.10. The molecular formula is C16H20O5. The average Bonchev–Trinajstić information content (AvgIpc) is 2.52. The Morgan fingerprint density at radius 1 is 1.10 bits per heavy atom. The van der Waals surface area contributed by atoms with Gasteiger partial charge in [-0.3, -0.25) is 4.79 Å². The van der Waals surface area contributed by atoms with E-state index in [1.807, 2.05) is 31.2 Å². The molecule has 0 amide bonds. The molecule has 0 aliphatic heterocycles. The number of esters is 2. The Morgan fingerprint density at radius 3 is 2.29 bits per heavy atom.